The van der Waals surface area contributed by atoms with Gasteiger partial charge < -0.3 is 5.32 Å². The Balaban J connectivity index is 1.40. The first kappa shape index (κ1) is 21.8. The lowest BCUT2D eigenvalue weighted by Gasteiger charge is -2.19. The summed E-state index contributed by atoms with van der Waals surface area (Å²) in [5, 5.41) is 3.17. The summed E-state index contributed by atoms with van der Waals surface area (Å²) in [5.41, 5.74) is 2.12. The molecule has 3 amide bonds. The minimum absolute atomic E-state index is 0.0528. The third-order valence-electron chi connectivity index (χ3n) is 5.55. The quantitative estimate of drug-likeness (QED) is 0.427. The van der Waals surface area contributed by atoms with Gasteiger partial charge >= 0.3 is 0 Å². The number of carbonyl (C=O) groups excluding carboxylic acids is 3. The molecule has 0 spiro atoms. The van der Waals surface area contributed by atoms with Gasteiger partial charge in [0.05, 0.1) is 17.2 Å². The van der Waals surface area contributed by atoms with E-state index in [0.717, 1.165) is 37.7 Å². The Morgan fingerprint density at radius 2 is 1.50 bits per heavy atom. The van der Waals surface area contributed by atoms with Crippen molar-refractivity contribution in [3.8, 4) is 0 Å². The number of benzene rings is 2. The minimum Gasteiger partial charge on any atom is -0.349 e. The summed E-state index contributed by atoms with van der Waals surface area (Å²) in [6, 6.07) is 17.1. The summed E-state index contributed by atoms with van der Waals surface area (Å²) in [4.78, 5) is 38.5. The number of nitrogens with zero attached hydrogens (tertiary/aromatic N) is 1. The summed E-state index contributed by atoms with van der Waals surface area (Å²) in [6.45, 7) is 2.55. The molecule has 3 rings (SSSR count). The Hall–Kier alpha value is -2.95. The van der Waals surface area contributed by atoms with Crippen molar-refractivity contribution < 1.29 is 14.4 Å². The number of fused-ring (bicyclic) bond motifs is 1. The minimum atomic E-state index is -0.213. The van der Waals surface area contributed by atoms with Crippen molar-refractivity contribution in [2.75, 3.05) is 6.54 Å². The molecule has 30 heavy (non-hydrogen) atoms. The maximum Gasteiger partial charge on any atom is 0.261 e. The highest BCUT2D eigenvalue weighted by molar-refractivity contribution is 6.21. The fraction of sp³-hybridized carbons (Fsp3) is 0.400. The van der Waals surface area contributed by atoms with Gasteiger partial charge in [-0.1, -0.05) is 68.7 Å². The molecule has 0 fully saturated rings. The lowest BCUT2D eigenvalue weighted by molar-refractivity contribution is -0.122. The van der Waals surface area contributed by atoms with Crippen LogP contribution >= 0.6 is 0 Å². The lowest BCUT2D eigenvalue weighted by Crippen LogP contribution is -2.30. The first-order valence-electron chi connectivity index (χ1n) is 10.9. The second-order valence-electron chi connectivity index (χ2n) is 7.79. The van der Waals surface area contributed by atoms with Gasteiger partial charge in [-0.2, -0.15) is 0 Å². The molecule has 5 heteroatoms. The van der Waals surface area contributed by atoms with Crippen LogP contribution in [0.15, 0.2) is 54.6 Å². The molecule has 1 N–H and O–H groups in total. The molecule has 0 aromatic heterocycles. The van der Waals surface area contributed by atoms with E-state index in [-0.39, 0.29) is 23.8 Å². The molecule has 158 valence electrons. The van der Waals surface area contributed by atoms with E-state index < -0.39 is 0 Å². The third kappa shape index (κ3) is 5.35. The van der Waals surface area contributed by atoms with Crippen molar-refractivity contribution in [2.45, 2.75) is 57.9 Å². The van der Waals surface area contributed by atoms with Crippen LogP contribution in [0.4, 0.5) is 0 Å². The van der Waals surface area contributed by atoms with Gasteiger partial charge in [0, 0.05) is 13.0 Å². The van der Waals surface area contributed by atoms with Gasteiger partial charge in [0.25, 0.3) is 11.8 Å². The molecule has 2 aromatic rings. The molecule has 1 heterocycles. The van der Waals surface area contributed by atoms with Crippen LogP contribution in [-0.4, -0.2) is 29.2 Å². The van der Waals surface area contributed by atoms with Crippen LogP contribution in [0.3, 0.4) is 0 Å². The molecular formula is C25H30N2O3. The lowest BCUT2D eigenvalue weighted by atomic mass is 10.0. The Morgan fingerprint density at radius 1 is 0.867 bits per heavy atom. The van der Waals surface area contributed by atoms with Crippen LogP contribution in [0.1, 0.15) is 84.2 Å². The summed E-state index contributed by atoms with van der Waals surface area (Å²) >= 11 is 0. The highest BCUT2D eigenvalue weighted by Crippen LogP contribution is 2.23. The molecule has 1 aliphatic rings. The van der Waals surface area contributed by atoms with Crippen LogP contribution in [0.5, 0.6) is 0 Å². The van der Waals surface area contributed by atoms with Crippen LogP contribution in [-0.2, 0) is 4.79 Å². The van der Waals surface area contributed by atoms with Gasteiger partial charge in [0.2, 0.25) is 5.91 Å². The van der Waals surface area contributed by atoms with Crippen LogP contribution in [0, 0.1) is 0 Å². The second kappa shape index (κ2) is 10.7. The topological polar surface area (TPSA) is 66.5 Å². The fourth-order valence-electron chi connectivity index (χ4n) is 3.86. The zero-order valence-corrected chi connectivity index (χ0v) is 17.6. The Kier molecular flexibility index (Phi) is 7.77. The fourth-order valence-corrected chi connectivity index (χ4v) is 3.86. The Morgan fingerprint density at radius 3 is 2.13 bits per heavy atom. The first-order chi connectivity index (χ1) is 14.6. The number of hydrogen-bond acceptors (Lipinski definition) is 3. The molecule has 2 aromatic carbocycles. The maximum absolute atomic E-state index is 12.4. The number of amides is 3. The molecule has 0 bridgehead atoms. The number of carbonyl (C=O) groups is 3. The number of unbranched alkanes of at least 4 members (excludes halogenated alkanes) is 3. The zero-order chi connectivity index (χ0) is 21.3. The van der Waals surface area contributed by atoms with Crippen molar-refractivity contribution >= 4 is 17.7 Å². The van der Waals surface area contributed by atoms with Crippen molar-refractivity contribution in [3.05, 3.63) is 71.3 Å². The molecule has 1 aliphatic heterocycles. The van der Waals surface area contributed by atoms with E-state index in [9.17, 15) is 14.4 Å². The van der Waals surface area contributed by atoms with E-state index in [1.54, 1.807) is 24.3 Å². The SMILES string of the molecule is CCCC[C@@H](NC(=O)CCCCCN1C(=O)c2ccccc2C1=O)c1ccccc1. The average molecular weight is 407 g/mol. The first-order valence-corrected chi connectivity index (χ1v) is 10.9. The molecule has 1 atom stereocenters. The maximum atomic E-state index is 12.4. The predicted molar refractivity (Wildman–Crippen MR) is 117 cm³/mol. The second-order valence-corrected chi connectivity index (χ2v) is 7.79. The van der Waals surface area contributed by atoms with Crippen LogP contribution in [0.2, 0.25) is 0 Å². The summed E-state index contributed by atoms with van der Waals surface area (Å²) < 4.78 is 0. The zero-order valence-electron chi connectivity index (χ0n) is 17.6. The Labute approximate surface area is 178 Å². The molecule has 0 unspecified atom stereocenters. The highest BCUT2D eigenvalue weighted by atomic mass is 16.2. The van der Waals surface area contributed by atoms with Gasteiger partial charge in [0.1, 0.15) is 0 Å². The third-order valence-corrected chi connectivity index (χ3v) is 5.55. The van der Waals surface area contributed by atoms with E-state index in [1.165, 1.54) is 4.90 Å². The largest absolute Gasteiger partial charge is 0.349 e. The van der Waals surface area contributed by atoms with E-state index in [0.29, 0.717) is 30.5 Å². The Bertz CT molecular complexity index is 844. The monoisotopic (exact) mass is 406 g/mol. The van der Waals surface area contributed by atoms with Crippen molar-refractivity contribution in [2.24, 2.45) is 0 Å². The van der Waals surface area contributed by atoms with E-state index in [1.807, 2.05) is 18.2 Å². The molecular weight excluding hydrogens is 376 g/mol. The van der Waals surface area contributed by atoms with Crippen molar-refractivity contribution in [3.63, 3.8) is 0 Å². The smallest absolute Gasteiger partial charge is 0.261 e. The number of hydrogen-bond donors (Lipinski definition) is 1. The molecule has 5 nitrogen and oxygen atoms in total. The van der Waals surface area contributed by atoms with Crippen LogP contribution in [0.25, 0.3) is 0 Å². The average Bonchev–Trinajstić information content (AvgIpc) is 3.02. The van der Waals surface area contributed by atoms with Gasteiger partial charge in [-0.05, 0) is 37.0 Å². The number of imide groups is 1. The number of rotatable bonds is 11. The summed E-state index contributed by atoms with van der Waals surface area (Å²) in [5.74, 6) is -0.370. The molecule has 0 saturated carbocycles. The van der Waals surface area contributed by atoms with E-state index in [4.69, 9.17) is 0 Å². The molecule has 0 radical (unpaired) electrons. The van der Waals surface area contributed by atoms with Gasteiger partial charge in [-0.3, -0.25) is 19.3 Å². The normalized spacial score (nSPS) is 14.0. The molecule has 0 saturated heterocycles. The van der Waals surface area contributed by atoms with E-state index in [2.05, 4.69) is 24.4 Å². The standard InChI is InChI=1S/C25H30N2O3/c1-2-3-16-22(19-12-6-4-7-13-19)26-23(28)17-8-5-11-18-27-24(29)20-14-9-10-15-21(20)25(27)30/h4,6-7,9-10,12-15,22H,2-3,5,8,11,16-18H2,1H3,(H,26,28)/t22-/m1/s1. The number of nitrogens with one attached hydrogen (secondary N) is 1. The van der Waals surface area contributed by atoms with E-state index >= 15 is 0 Å². The van der Waals surface area contributed by atoms with Crippen molar-refractivity contribution in [1.29, 1.82) is 0 Å². The summed E-state index contributed by atoms with van der Waals surface area (Å²) in [7, 11) is 0. The highest BCUT2D eigenvalue weighted by Gasteiger charge is 2.34. The molecule has 0 aliphatic carbocycles. The van der Waals surface area contributed by atoms with Gasteiger partial charge in [-0.15, -0.1) is 0 Å². The van der Waals surface area contributed by atoms with Gasteiger partial charge in [-0.25, -0.2) is 0 Å². The van der Waals surface area contributed by atoms with Gasteiger partial charge in [0.15, 0.2) is 0 Å². The van der Waals surface area contributed by atoms with Crippen molar-refractivity contribution in [1.82, 2.24) is 10.2 Å². The van der Waals surface area contributed by atoms with Crippen LogP contribution < -0.4 is 5.32 Å². The predicted octanol–water partition coefficient (Wildman–Crippen LogP) is 4.89. The summed E-state index contributed by atoms with van der Waals surface area (Å²) in [6.07, 6.45) is 5.80.